The highest BCUT2D eigenvalue weighted by Crippen LogP contribution is 2.10. The molecule has 0 bridgehead atoms. The van der Waals surface area contributed by atoms with E-state index in [-0.39, 0.29) is 5.97 Å². The van der Waals surface area contributed by atoms with Gasteiger partial charge < -0.3 is 9.47 Å². The molecular formula is C15H30O3. The van der Waals surface area contributed by atoms with Crippen LogP contribution in [0.15, 0.2) is 0 Å². The van der Waals surface area contributed by atoms with Crippen LogP contribution in [0.1, 0.15) is 71.1 Å². The molecule has 0 aromatic carbocycles. The molecule has 0 heterocycles. The third-order valence-electron chi connectivity index (χ3n) is 3.05. The van der Waals surface area contributed by atoms with Gasteiger partial charge in [-0.2, -0.15) is 0 Å². The van der Waals surface area contributed by atoms with E-state index in [2.05, 4.69) is 0 Å². The first-order valence-corrected chi connectivity index (χ1v) is 7.39. The number of ether oxygens (including phenoxy) is 2. The summed E-state index contributed by atoms with van der Waals surface area (Å²) < 4.78 is 9.90. The molecule has 0 rings (SSSR count). The number of carbonyl (C=O) groups is 1. The van der Waals surface area contributed by atoms with Crippen molar-refractivity contribution in [3.05, 3.63) is 0 Å². The van der Waals surface area contributed by atoms with E-state index in [1.54, 1.807) is 7.11 Å². The van der Waals surface area contributed by atoms with Crippen LogP contribution in [0.25, 0.3) is 0 Å². The van der Waals surface area contributed by atoms with Crippen LogP contribution in [-0.4, -0.2) is 26.3 Å². The van der Waals surface area contributed by atoms with Gasteiger partial charge >= 0.3 is 5.97 Å². The summed E-state index contributed by atoms with van der Waals surface area (Å²) in [5, 5.41) is 0. The Labute approximate surface area is 112 Å². The van der Waals surface area contributed by atoms with E-state index >= 15 is 0 Å². The maximum atomic E-state index is 10.5. The quantitative estimate of drug-likeness (QED) is 0.368. The third-order valence-corrected chi connectivity index (χ3v) is 3.05. The van der Waals surface area contributed by atoms with Gasteiger partial charge in [0, 0.05) is 20.6 Å². The lowest BCUT2D eigenvalue weighted by atomic mass is 10.1. The first-order chi connectivity index (χ1) is 8.77. The van der Waals surface area contributed by atoms with Crippen molar-refractivity contribution < 1.29 is 14.3 Å². The maximum Gasteiger partial charge on any atom is 0.302 e. The van der Waals surface area contributed by atoms with Gasteiger partial charge in [0.25, 0.3) is 0 Å². The van der Waals surface area contributed by atoms with Gasteiger partial charge in [0.2, 0.25) is 0 Å². The predicted molar refractivity (Wildman–Crippen MR) is 74.7 cm³/mol. The first-order valence-electron chi connectivity index (χ1n) is 7.39. The van der Waals surface area contributed by atoms with Crippen LogP contribution < -0.4 is 0 Å². The van der Waals surface area contributed by atoms with Crippen molar-refractivity contribution in [1.29, 1.82) is 0 Å². The Morgan fingerprint density at radius 3 is 1.50 bits per heavy atom. The van der Waals surface area contributed by atoms with Gasteiger partial charge in [-0.1, -0.05) is 51.4 Å². The number of hydrogen-bond donors (Lipinski definition) is 0. The predicted octanol–water partition coefficient (Wildman–Crippen LogP) is 4.10. The minimum Gasteiger partial charge on any atom is -0.466 e. The van der Waals surface area contributed by atoms with Crippen molar-refractivity contribution >= 4 is 5.97 Å². The Morgan fingerprint density at radius 2 is 1.11 bits per heavy atom. The lowest BCUT2D eigenvalue weighted by Crippen LogP contribution is -2.00. The summed E-state index contributed by atoms with van der Waals surface area (Å²) in [5.74, 6) is -0.163. The lowest BCUT2D eigenvalue weighted by Gasteiger charge is -2.03. The molecule has 3 nitrogen and oxygen atoms in total. The summed E-state index contributed by atoms with van der Waals surface area (Å²) in [5.41, 5.74) is 0. The molecule has 0 unspecified atom stereocenters. The van der Waals surface area contributed by atoms with Crippen molar-refractivity contribution in [1.82, 2.24) is 0 Å². The number of esters is 1. The van der Waals surface area contributed by atoms with Crippen LogP contribution in [0.3, 0.4) is 0 Å². The Morgan fingerprint density at radius 1 is 0.722 bits per heavy atom. The molecule has 0 saturated heterocycles. The molecule has 0 atom stereocenters. The zero-order valence-corrected chi connectivity index (χ0v) is 12.2. The van der Waals surface area contributed by atoms with E-state index in [0.29, 0.717) is 6.61 Å². The van der Waals surface area contributed by atoms with Crippen LogP contribution in [0.4, 0.5) is 0 Å². The molecule has 0 radical (unpaired) electrons. The number of unbranched alkanes of at least 4 members (excludes halogenated alkanes) is 9. The number of methoxy groups -OCH3 is 1. The molecule has 0 spiro atoms. The second kappa shape index (κ2) is 14.5. The third kappa shape index (κ3) is 15.4. The SMILES string of the molecule is COCCCCCCCCCCCCOC(C)=O. The molecule has 3 heteroatoms. The highest BCUT2D eigenvalue weighted by molar-refractivity contribution is 5.65. The van der Waals surface area contributed by atoms with Crippen LogP contribution in [-0.2, 0) is 14.3 Å². The Hall–Kier alpha value is -0.570. The van der Waals surface area contributed by atoms with Crippen LogP contribution in [0.5, 0.6) is 0 Å². The maximum absolute atomic E-state index is 10.5. The van der Waals surface area contributed by atoms with Gasteiger partial charge in [0.15, 0.2) is 0 Å². The van der Waals surface area contributed by atoms with Crippen molar-refractivity contribution in [3.63, 3.8) is 0 Å². The second-order valence-electron chi connectivity index (χ2n) is 4.87. The first kappa shape index (κ1) is 17.4. The van der Waals surface area contributed by atoms with Crippen LogP contribution >= 0.6 is 0 Å². The monoisotopic (exact) mass is 258 g/mol. The summed E-state index contributed by atoms with van der Waals surface area (Å²) in [4.78, 5) is 10.5. The molecule has 0 aromatic heterocycles. The van der Waals surface area contributed by atoms with Crippen molar-refractivity contribution in [2.24, 2.45) is 0 Å². The van der Waals surface area contributed by atoms with Crippen molar-refractivity contribution in [2.75, 3.05) is 20.3 Å². The molecule has 0 N–H and O–H groups in total. The molecule has 0 saturated carbocycles. The minimum atomic E-state index is -0.163. The molecule has 18 heavy (non-hydrogen) atoms. The smallest absolute Gasteiger partial charge is 0.302 e. The van der Waals surface area contributed by atoms with Gasteiger partial charge in [0.05, 0.1) is 6.61 Å². The Kier molecular flexibility index (Phi) is 14.0. The zero-order valence-electron chi connectivity index (χ0n) is 12.2. The fourth-order valence-electron chi connectivity index (χ4n) is 1.98. The van der Waals surface area contributed by atoms with Crippen molar-refractivity contribution in [3.8, 4) is 0 Å². The molecule has 0 aromatic rings. The largest absolute Gasteiger partial charge is 0.466 e. The summed E-state index contributed by atoms with van der Waals surface area (Å²) in [7, 11) is 1.77. The van der Waals surface area contributed by atoms with E-state index in [1.165, 1.54) is 64.7 Å². The molecule has 0 aliphatic rings. The molecule has 0 fully saturated rings. The van der Waals surface area contributed by atoms with Gasteiger partial charge in [-0.15, -0.1) is 0 Å². The number of carbonyl (C=O) groups excluding carboxylic acids is 1. The van der Waals surface area contributed by atoms with E-state index in [0.717, 1.165) is 13.0 Å². The van der Waals surface area contributed by atoms with Gasteiger partial charge in [0.1, 0.15) is 0 Å². The number of rotatable bonds is 13. The minimum absolute atomic E-state index is 0.163. The molecule has 0 amide bonds. The summed E-state index contributed by atoms with van der Waals surface area (Å²) in [6.45, 7) is 2.96. The zero-order chi connectivity index (χ0) is 13.5. The Balaban J connectivity index is 2.92. The van der Waals surface area contributed by atoms with Crippen LogP contribution in [0, 0.1) is 0 Å². The highest BCUT2D eigenvalue weighted by Gasteiger charge is 1.95. The van der Waals surface area contributed by atoms with E-state index in [4.69, 9.17) is 9.47 Å². The van der Waals surface area contributed by atoms with Gasteiger partial charge in [-0.25, -0.2) is 0 Å². The van der Waals surface area contributed by atoms with E-state index in [1.807, 2.05) is 0 Å². The van der Waals surface area contributed by atoms with E-state index in [9.17, 15) is 4.79 Å². The fourth-order valence-corrected chi connectivity index (χ4v) is 1.98. The molecule has 108 valence electrons. The fraction of sp³-hybridized carbons (Fsp3) is 0.933. The summed E-state index contributed by atoms with van der Waals surface area (Å²) in [6, 6.07) is 0. The molecular weight excluding hydrogens is 228 g/mol. The van der Waals surface area contributed by atoms with Crippen LogP contribution in [0.2, 0.25) is 0 Å². The summed E-state index contributed by atoms with van der Waals surface area (Å²) in [6.07, 6.45) is 12.7. The standard InChI is InChI=1S/C15H30O3/c1-15(16)18-14-12-10-8-6-4-3-5-7-9-11-13-17-2/h3-14H2,1-2H3. The van der Waals surface area contributed by atoms with Gasteiger partial charge in [-0.3, -0.25) is 4.79 Å². The van der Waals surface area contributed by atoms with Crippen molar-refractivity contribution in [2.45, 2.75) is 71.1 Å². The second-order valence-corrected chi connectivity index (χ2v) is 4.87. The molecule has 0 aliphatic heterocycles. The molecule has 0 aliphatic carbocycles. The number of hydrogen-bond acceptors (Lipinski definition) is 3. The normalized spacial score (nSPS) is 10.6. The highest BCUT2D eigenvalue weighted by atomic mass is 16.5. The lowest BCUT2D eigenvalue weighted by molar-refractivity contribution is -0.141. The average Bonchev–Trinajstić information content (AvgIpc) is 2.34. The summed E-state index contributed by atoms with van der Waals surface area (Å²) >= 11 is 0. The average molecular weight is 258 g/mol. The van der Waals surface area contributed by atoms with E-state index < -0.39 is 0 Å². The Bertz CT molecular complexity index is 181. The van der Waals surface area contributed by atoms with Gasteiger partial charge in [-0.05, 0) is 12.8 Å². The topological polar surface area (TPSA) is 35.5 Å².